The molecule has 1 aliphatic rings. The number of carbonyl (C=O) groups excluding carboxylic acids is 1. The van der Waals surface area contributed by atoms with Gasteiger partial charge in [0.15, 0.2) is 0 Å². The van der Waals surface area contributed by atoms with Gasteiger partial charge in [0.05, 0.1) is 5.51 Å². The van der Waals surface area contributed by atoms with Gasteiger partial charge >= 0.3 is 0 Å². The first kappa shape index (κ1) is 11.0. The summed E-state index contributed by atoms with van der Waals surface area (Å²) in [6.07, 6.45) is 5.54. The first-order chi connectivity index (χ1) is 7.29. The van der Waals surface area contributed by atoms with Gasteiger partial charge < -0.3 is 5.32 Å². The van der Waals surface area contributed by atoms with E-state index in [1.807, 2.05) is 11.8 Å². The zero-order chi connectivity index (χ0) is 10.7. The van der Waals surface area contributed by atoms with E-state index in [-0.39, 0.29) is 5.91 Å². The van der Waals surface area contributed by atoms with Crippen molar-refractivity contribution in [3.63, 3.8) is 0 Å². The van der Waals surface area contributed by atoms with Crippen LogP contribution in [0.1, 0.15) is 29.8 Å². The fraction of sp³-hybridized carbons (Fsp3) is 0.600. The third-order valence-corrected chi connectivity index (χ3v) is 4.40. The summed E-state index contributed by atoms with van der Waals surface area (Å²) in [6.45, 7) is 0. The predicted octanol–water partition coefficient (Wildman–Crippen LogP) is 2.16. The Morgan fingerprint density at radius 3 is 3.13 bits per heavy atom. The van der Waals surface area contributed by atoms with Crippen LogP contribution in [0.3, 0.4) is 0 Å². The van der Waals surface area contributed by atoms with Gasteiger partial charge in [-0.2, -0.15) is 11.8 Å². The summed E-state index contributed by atoms with van der Waals surface area (Å²) in [7, 11) is 0. The average molecular weight is 242 g/mol. The summed E-state index contributed by atoms with van der Waals surface area (Å²) in [6, 6.07) is 0.344. The minimum atomic E-state index is -0.0250. The van der Waals surface area contributed by atoms with Crippen molar-refractivity contribution in [1.29, 1.82) is 0 Å². The fourth-order valence-electron chi connectivity index (χ4n) is 1.87. The molecule has 3 nitrogen and oxygen atoms in total. The van der Waals surface area contributed by atoms with Gasteiger partial charge in [0, 0.05) is 16.7 Å². The number of nitrogens with zero attached hydrogens (tertiary/aromatic N) is 1. The second-order valence-corrected chi connectivity index (χ2v) is 5.57. The Balaban J connectivity index is 1.86. The minimum absolute atomic E-state index is 0.0250. The number of nitrogens with one attached hydrogen (secondary N) is 1. The first-order valence-corrected chi connectivity index (χ1v) is 7.24. The van der Waals surface area contributed by atoms with Gasteiger partial charge in [0.1, 0.15) is 5.69 Å². The number of amides is 1. The molecule has 5 heteroatoms. The molecule has 1 aromatic rings. The Bertz CT molecular complexity index is 326. The van der Waals surface area contributed by atoms with Crippen LogP contribution in [0.4, 0.5) is 0 Å². The van der Waals surface area contributed by atoms with Gasteiger partial charge in [-0.05, 0) is 25.5 Å². The Labute approximate surface area is 97.7 Å². The maximum Gasteiger partial charge on any atom is 0.270 e. The van der Waals surface area contributed by atoms with E-state index in [1.54, 1.807) is 10.9 Å². The molecule has 2 rings (SSSR count). The number of hydrogen-bond acceptors (Lipinski definition) is 4. The molecule has 82 valence electrons. The highest BCUT2D eigenvalue weighted by atomic mass is 32.2. The quantitative estimate of drug-likeness (QED) is 0.883. The maximum atomic E-state index is 11.7. The third-order valence-electron chi connectivity index (χ3n) is 2.72. The van der Waals surface area contributed by atoms with E-state index in [9.17, 15) is 4.79 Å². The van der Waals surface area contributed by atoms with E-state index in [4.69, 9.17) is 0 Å². The van der Waals surface area contributed by atoms with E-state index in [0.29, 0.717) is 17.0 Å². The van der Waals surface area contributed by atoms with Crippen molar-refractivity contribution in [2.45, 2.75) is 30.6 Å². The molecule has 0 saturated heterocycles. The summed E-state index contributed by atoms with van der Waals surface area (Å²) in [4.78, 5) is 15.7. The normalized spacial score (nSPS) is 25.4. The van der Waals surface area contributed by atoms with Crippen molar-refractivity contribution in [3.8, 4) is 0 Å². The molecule has 0 bridgehead atoms. The minimum Gasteiger partial charge on any atom is -0.348 e. The molecule has 2 atom stereocenters. The van der Waals surface area contributed by atoms with Crippen LogP contribution in [-0.4, -0.2) is 28.4 Å². The summed E-state index contributed by atoms with van der Waals surface area (Å²) in [5, 5.41) is 5.54. The lowest BCUT2D eigenvalue weighted by Crippen LogP contribution is -2.33. The molecule has 0 aromatic carbocycles. The number of thiazole rings is 1. The molecule has 1 aromatic heterocycles. The van der Waals surface area contributed by atoms with Crippen molar-refractivity contribution in [3.05, 3.63) is 16.6 Å². The molecule has 0 spiro atoms. The van der Waals surface area contributed by atoms with Crippen LogP contribution in [0.25, 0.3) is 0 Å². The zero-order valence-electron chi connectivity index (χ0n) is 8.60. The van der Waals surface area contributed by atoms with Gasteiger partial charge in [0.25, 0.3) is 5.91 Å². The van der Waals surface area contributed by atoms with Crippen molar-refractivity contribution >= 4 is 29.0 Å². The molecule has 0 aliphatic heterocycles. The number of thioether (sulfide) groups is 1. The molecule has 1 amide bonds. The van der Waals surface area contributed by atoms with Gasteiger partial charge in [-0.1, -0.05) is 0 Å². The van der Waals surface area contributed by atoms with E-state index in [1.165, 1.54) is 17.8 Å². The van der Waals surface area contributed by atoms with Gasteiger partial charge in [0.2, 0.25) is 0 Å². The Morgan fingerprint density at radius 2 is 2.53 bits per heavy atom. The molecule has 1 aliphatic carbocycles. The number of aromatic nitrogens is 1. The first-order valence-electron chi connectivity index (χ1n) is 5.01. The largest absolute Gasteiger partial charge is 0.348 e. The number of hydrogen-bond donors (Lipinski definition) is 1. The van der Waals surface area contributed by atoms with E-state index in [0.717, 1.165) is 12.8 Å². The SMILES string of the molecule is CSC1CCC(NC(=O)c2cscn2)C1. The third kappa shape index (κ3) is 2.72. The highest BCUT2D eigenvalue weighted by Crippen LogP contribution is 2.28. The highest BCUT2D eigenvalue weighted by molar-refractivity contribution is 7.99. The zero-order valence-corrected chi connectivity index (χ0v) is 10.2. The van der Waals surface area contributed by atoms with Gasteiger partial charge in [-0.15, -0.1) is 11.3 Å². The smallest absolute Gasteiger partial charge is 0.270 e. The van der Waals surface area contributed by atoms with E-state index in [2.05, 4.69) is 16.6 Å². The summed E-state index contributed by atoms with van der Waals surface area (Å²) < 4.78 is 0. The van der Waals surface area contributed by atoms with Crippen molar-refractivity contribution in [1.82, 2.24) is 10.3 Å². The molecular weight excluding hydrogens is 228 g/mol. The van der Waals surface area contributed by atoms with Crippen LogP contribution in [0.15, 0.2) is 10.9 Å². The standard InChI is InChI=1S/C10H14N2OS2/c1-14-8-3-2-7(4-8)12-10(13)9-5-15-6-11-9/h5-8H,2-4H2,1H3,(H,12,13). The van der Waals surface area contributed by atoms with E-state index >= 15 is 0 Å². The molecule has 2 unspecified atom stereocenters. The summed E-state index contributed by atoms with van der Waals surface area (Å²) in [5.74, 6) is -0.0250. The van der Waals surface area contributed by atoms with Crippen LogP contribution in [0.2, 0.25) is 0 Å². The van der Waals surface area contributed by atoms with Crippen LogP contribution in [0, 0.1) is 0 Å². The lowest BCUT2D eigenvalue weighted by molar-refractivity contribution is 0.0933. The molecular formula is C10H14N2OS2. The van der Waals surface area contributed by atoms with Crippen molar-refractivity contribution in [2.75, 3.05) is 6.26 Å². The van der Waals surface area contributed by atoms with Crippen molar-refractivity contribution < 1.29 is 4.79 Å². The second-order valence-electron chi connectivity index (χ2n) is 3.71. The summed E-state index contributed by atoms with van der Waals surface area (Å²) >= 11 is 3.35. The van der Waals surface area contributed by atoms with Gasteiger partial charge in [-0.3, -0.25) is 4.79 Å². The molecule has 1 fully saturated rings. The van der Waals surface area contributed by atoms with Crippen LogP contribution >= 0.6 is 23.1 Å². The molecule has 1 heterocycles. The number of carbonyl (C=O) groups is 1. The lowest BCUT2D eigenvalue weighted by atomic mass is 10.2. The highest BCUT2D eigenvalue weighted by Gasteiger charge is 2.25. The maximum absolute atomic E-state index is 11.7. The molecule has 0 radical (unpaired) electrons. The Morgan fingerprint density at radius 1 is 1.67 bits per heavy atom. The summed E-state index contributed by atoms with van der Waals surface area (Å²) in [5.41, 5.74) is 2.24. The number of rotatable bonds is 3. The Hall–Kier alpha value is -0.550. The Kier molecular flexibility index (Phi) is 3.64. The fourth-order valence-corrected chi connectivity index (χ4v) is 3.20. The average Bonchev–Trinajstić information content (AvgIpc) is 2.87. The molecule has 1 N–H and O–H groups in total. The molecule has 1 saturated carbocycles. The van der Waals surface area contributed by atoms with Crippen LogP contribution < -0.4 is 5.32 Å². The van der Waals surface area contributed by atoms with E-state index < -0.39 is 0 Å². The topological polar surface area (TPSA) is 42.0 Å². The van der Waals surface area contributed by atoms with Crippen LogP contribution in [0.5, 0.6) is 0 Å². The lowest BCUT2D eigenvalue weighted by Gasteiger charge is -2.11. The van der Waals surface area contributed by atoms with Crippen molar-refractivity contribution in [2.24, 2.45) is 0 Å². The van der Waals surface area contributed by atoms with Gasteiger partial charge in [-0.25, -0.2) is 4.98 Å². The molecule has 15 heavy (non-hydrogen) atoms. The monoisotopic (exact) mass is 242 g/mol. The second kappa shape index (κ2) is 4.99. The predicted molar refractivity (Wildman–Crippen MR) is 64.5 cm³/mol. The van der Waals surface area contributed by atoms with Crippen LogP contribution in [-0.2, 0) is 0 Å².